The zero-order valence-electron chi connectivity index (χ0n) is 10.6. The molecule has 0 aromatic carbocycles. The lowest BCUT2D eigenvalue weighted by atomic mass is 9.97. The first-order valence-electron chi connectivity index (χ1n) is 6.33. The Balaban J connectivity index is 1.86. The van der Waals surface area contributed by atoms with E-state index in [4.69, 9.17) is 0 Å². The molecule has 104 valence electrons. The average molecular weight is 275 g/mol. The molecule has 1 fully saturated rings. The molecule has 3 rings (SSSR count). The number of nitrogens with one attached hydrogen (secondary N) is 1. The Labute approximate surface area is 114 Å². The third-order valence-electron chi connectivity index (χ3n) is 3.41. The lowest BCUT2D eigenvalue weighted by Gasteiger charge is -2.31. The van der Waals surface area contributed by atoms with Crippen molar-refractivity contribution >= 4 is 11.5 Å². The fraction of sp³-hybridized carbons (Fsp3) is 0.455. The van der Waals surface area contributed by atoms with Crippen LogP contribution in [0, 0.1) is 10.1 Å². The number of piperidine rings is 1. The van der Waals surface area contributed by atoms with Crippen LogP contribution in [0.2, 0.25) is 0 Å². The number of nitro groups is 1. The number of hydrogen-bond acceptors (Lipinski definition) is 7. The first-order valence-corrected chi connectivity index (χ1v) is 6.33. The summed E-state index contributed by atoms with van der Waals surface area (Å²) in [6, 6.07) is 3.04. The minimum Gasteiger partial charge on any atom is -0.350 e. The quantitative estimate of drug-likeness (QED) is 0.653. The zero-order chi connectivity index (χ0) is 13.9. The highest BCUT2D eigenvalue weighted by atomic mass is 16.6. The highest BCUT2D eigenvalue weighted by Gasteiger charge is 2.28. The summed E-state index contributed by atoms with van der Waals surface area (Å²) in [5.41, 5.74) is 0.0289. The van der Waals surface area contributed by atoms with Crippen LogP contribution in [0.1, 0.15) is 24.6 Å². The van der Waals surface area contributed by atoms with Crippen molar-refractivity contribution in [2.24, 2.45) is 0 Å². The van der Waals surface area contributed by atoms with Crippen LogP contribution in [0.5, 0.6) is 0 Å². The summed E-state index contributed by atoms with van der Waals surface area (Å²) in [6.45, 7) is 1.35. The van der Waals surface area contributed by atoms with Crippen molar-refractivity contribution < 1.29 is 4.92 Å². The van der Waals surface area contributed by atoms with Crippen LogP contribution in [-0.2, 0) is 0 Å². The molecule has 0 unspecified atom stereocenters. The highest BCUT2D eigenvalue weighted by Crippen LogP contribution is 2.31. The van der Waals surface area contributed by atoms with Crippen molar-refractivity contribution in [1.29, 1.82) is 0 Å². The molecule has 9 nitrogen and oxygen atoms in total. The number of aromatic amines is 1. The van der Waals surface area contributed by atoms with Gasteiger partial charge in [0, 0.05) is 31.3 Å². The van der Waals surface area contributed by atoms with Crippen LogP contribution in [0.25, 0.3) is 0 Å². The number of nitrogens with zero attached hydrogens (tertiary/aromatic N) is 6. The number of aromatic nitrogens is 5. The third-order valence-corrected chi connectivity index (χ3v) is 3.41. The van der Waals surface area contributed by atoms with Gasteiger partial charge in [-0.05, 0) is 18.9 Å². The van der Waals surface area contributed by atoms with Gasteiger partial charge in [-0.3, -0.25) is 10.1 Å². The number of anilines is 1. The molecule has 1 N–H and O–H groups in total. The van der Waals surface area contributed by atoms with Gasteiger partial charge in [-0.2, -0.15) is 5.21 Å². The van der Waals surface area contributed by atoms with E-state index in [1.165, 1.54) is 6.07 Å². The van der Waals surface area contributed by atoms with E-state index in [2.05, 4.69) is 25.6 Å². The Morgan fingerprint density at radius 1 is 1.50 bits per heavy atom. The predicted octanol–water partition coefficient (Wildman–Crippen LogP) is 0.887. The average Bonchev–Trinajstić information content (AvgIpc) is 3.01. The number of tetrazole rings is 1. The second-order valence-corrected chi connectivity index (χ2v) is 4.66. The smallest absolute Gasteiger partial charge is 0.311 e. The molecule has 0 amide bonds. The van der Waals surface area contributed by atoms with Crippen LogP contribution < -0.4 is 4.90 Å². The lowest BCUT2D eigenvalue weighted by molar-refractivity contribution is -0.384. The van der Waals surface area contributed by atoms with E-state index in [0.717, 1.165) is 19.4 Å². The van der Waals surface area contributed by atoms with Gasteiger partial charge in [-0.25, -0.2) is 4.98 Å². The molecule has 1 aliphatic heterocycles. The van der Waals surface area contributed by atoms with E-state index in [9.17, 15) is 10.1 Å². The summed E-state index contributed by atoms with van der Waals surface area (Å²) >= 11 is 0. The third kappa shape index (κ3) is 2.29. The van der Waals surface area contributed by atoms with Crippen LogP contribution in [-0.4, -0.2) is 43.6 Å². The van der Waals surface area contributed by atoms with Crippen molar-refractivity contribution in [3.63, 3.8) is 0 Å². The largest absolute Gasteiger partial charge is 0.350 e. The van der Waals surface area contributed by atoms with E-state index in [0.29, 0.717) is 18.2 Å². The Morgan fingerprint density at radius 2 is 2.40 bits per heavy atom. The standard InChI is InChI=1S/C11H13N7O2/c19-18(20)9-4-1-5-12-11(9)17-6-2-3-8(7-17)10-13-15-16-14-10/h1,4-5,8H,2-3,6-7H2,(H,13,14,15,16)/t8-/m0/s1. The summed E-state index contributed by atoms with van der Waals surface area (Å²) in [6.07, 6.45) is 3.42. The molecule has 0 spiro atoms. The Morgan fingerprint density at radius 3 is 3.15 bits per heavy atom. The van der Waals surface area contributed by atoms with Gasteiger partial charge in [-0.1, -0.05) is 5.21 Å². The van der Waals surface area contributed by atoms with Crippen molar-refractivity contribution in [2.75, 3.05) is 18.0 Å². The normalized spacial score (nSPS) is 19.0. The molecule has 0 bridgehead atoms. The van der Waals surface area contributed by atoms with Crippen molar-refractivity contribution in [3.8, 4) is 0 Å². The van der Waals surface area contributed by atoms with Crippen molar-refractivity contribution in [1.82, 2.24) is 25.6 Å². The molecule has 0 aliphatic carbocycles. The van der Waals surface area contributed by atoms with E-state index in [1.54, 1.807) is 12.3 Å². The van der Waals surface area contributed by atoms with Crippen LogP contribution in [0.15, 0.2) is 18.3 Å². The molecular weight excluding hydrogens is 262 g/mol. The molecule has 0 saturated carbocycles. The Hall–Kier alpha value is -2.58. The fourth-order valence-corrected chi connectivity index (χ4v) is 2.50. The van der Waals surface area contributed by atoms with E-state index in [1.807, 2.05) is 4.90 Å². The first-order chi connectivity index (χ1) is 9.75. The fourth-order valence-electron chi connectivity index (χ4n) is 2.50. The Bertz CT molecular complexity index is 601. The maximum absolute atomic E-state index is 11.1. The zero-order valence-corrected chi connectivity index (χ0v) is 10.6. The topological polar surface area (TPSA) is 114 Å². The molecule has 2 aromatic rings. The summed E-state index contributed by atoms with van der Waals surface area (Å²) < 4.78 is 0. The lowest BCUT2D eigenvalue weighted by Crippen LogP contribution is -2.35. The molecule has 9 heteroatoms. The van der Waals surface area contributed by atoms with Gasteiger partial charge in [0.15, 0.2) is 5.82 Å². The first kappa shape index (κ1) is 12.5. The van der Waals surface area contributed by atoms with Crippen molar-refractivity contribution in [3.05, 3.63) is 34.3 Å². The van der Waals surface area contributed by atoms with E-state index < -0.39 is 4.92 Å². The SMILES string of the molecule is O=[N+]([O-])c1cccnc1N1CCC[C@H](c2nn[nH]n2)C1. The molecule has 2 aromatic heterocycles. The van der Waals surface area contributed by atoms with Gasteiger partial charge in [0.1, 0.15) is 0 Å². The van der Waals surface area contributed by atoms with Crippen LogP contribution >= 0.6 is 0 Å². The second kappa shape index (κ2) is 5.19. The van der Waals surface area contributed by atoms with E-state index in [-0.39, 0.29) is 11.6 Å². The molecule has 3 heterocycles. The number of hydrogen-bond donors (Lipinski definition) is 1. The molecule has 1 atom stereocenters. The second-order valence-electron chi connectivity index (χ2n) is 4.66. The van der Waals surface area contributed by atoms with Crippen molar-refractivity contribution in [2.45, 2.75) is 18.8 Å². The number of H-pyrrole nitrogens is 1. The summed E-state index contributed by atoms with van der Waals surface area (Å²) in [4.78, 5) is 16.8. The highest BCUT2D eigenvalue weighted by molar-refractivity contribution is 5.57. The van der Waals surface area contributed by atoms with Gasteiger partial charge in [0.05, 0.1) is 4.92 Å². The minimum atomic E-state index is -0.402. The summed E-state index contributed by atoms with van der Waals surface area (Å²) in [7, 11) is 0. The summed E-state index contributed by atoms with van der Waals surface area (Å²) in [5.74, 6) is 1.17. The predicted molar refractivity (Wildman–Crippen MR) is 69.3 cm³/mol. The maximum atomic E-state index is 11.1. The number of rotatable bonds is 3. The number of pyridine rings is 1. The minimum absolute atomic E-state index is 0.0289. The Kier molecular flexibility index (Phi) is 3.23. The molecule has 1 aliphatic rings. The van der Waals surface area contributed by atoms with Gasteiger partial charge >= 0.3 is 5.69 Å². The maximum Gasteiger partial charge on any atom is 0.311 e. The molecule has 20 heavy (non-hydrogen) atoms. The van der Waals surface area contributed by atoms with Gasteiger partial charge in [-0.15, -0.1) is 10.2 Å². The van der Waals surface area contributed by atoms with Crippen LogP contribution in [0.3, 0.4) is 0 Å². The molecular formula is C11H13N7O2. The van der Waals surface area contributed by atoms with E-state index >= 15 is 0 Å². The van der Waals surface area contributed by atoms with Gasteiger partial charge < -0.3 is 4.90 Å². The molecule has 0 radical (unpaired) electrons. The van der Waals surface area contributed by atoms with Gasteiger partial charge in [0.25, 0.3) is 0 Å². The monoisotopic (exact) mass is 275 g/mol. The van der Waals surface area contributed by atoms with Crippen LogP contribution in [0.4, 0.5) is 11.5 Å². The molecule has 1 saturated heterocycles. The van der Waals surface area contributed by atoms with Gasteiger partial charge in [0.2, 0.25) is 5.82 Å². The summed E-state index contributed by atoms with van der Waals surface area (Å²) in [5, 5.41) is 25.1.